The van der Waals surface area contributed by atoms with Crippen LogP contribution in [0.3, 0.4) is 0 Å². The zero-order chi connectivity index (χ0) is 39.6. The molecule has 2 aliphatic heterocycles. The average molecular weight is 773 g/mol. The predicted octanol–water partition coefficient (Wildman–Crippen LogP) is 15.7. The van der Waals surface area contributed by atoms with E-state index in [4.69, 9.17) is 18.3 Å². The molecule has 0 N–H and O–H groups in total. The first-order chi connectivity index (χ1) is 29.7. The van der Waals surface area contributed by atoms with Gasteiger partial charge in [0.25, 0.3) is 0 Å². The molecule has 0 amide bonds. The van der Waals surface area contributed by atoms with Crippen LogP contribution in [0.1, 0.15) is 11.3 Å². The fourth-order valence-electron chi connectivity index (χ4n) is 9.51. The Kier molecular flexibility index (Phi) is 6.65. The van der Waals surface area contributed by atoms with Gasteiger partial charge in [-0.05, 0) is 71.8 Å². The van der Waals surface area contributed by atoms with Gasteiger partial charge in [-0.15, -0.1) is 0 Å². The van der Waals surface area contributed by atoms with E-state index in [0.29, 0.717) is 23.0 Å². The van der Waals surface area contributed by atoms with Crippen LogP contribution in [0.4, 0.5) is 17.1 Å². The molecule has 11 aromatic rings. The van der Waals surface area contributed by atoms with E-state index in [1.54, 1.807) is 0 Å². The molecule has 6 nitrogen and oxygen atoms in total. The van der Waals surface area contributed by atoms with Crippen molar-refractivity contribution in [2.75, 3.05) is 4.90 Å². The summed E-state index contributed by atoms with van der Waals surface area (Å²) >= 11 is 0. The lowest BCUT2D eigenvalue weighted by atomic mass is 9.98. The second-order valence-corrected chi connectivity index (χ2v) is 15.3. The van der Waals surface area contributed by atoms with Gasteiger partial charge in [-0.1, -0.05) is 122 Å². The molecule has 0 unspecified atom stereocenters. The third-order valence-corrected chi connectivity index (χ3v) is 12.1. The average Bonchev–Trinajstić information content (AvgIpc) is 3.98. The van der Waals surface area contributed by atoms with Gasteiger partial charge in [0.2, 0.25) is 0 Å². The Bertz CT molecular complexity index is 3650. The van der Waals surface area contributed by atoms with Crippen LogP contribution < -0.4 is 14.4 Å². The Balaban J connectivity index is 1.06. The lowest BCUT2D eigenvalue weighted by Crippen LogP contribution is -2.21. The van der Waals surface area contributed by atoms with Gasteiger partial charge in [-0.2, -0.15) is 0 Å². The Hall–Kier alpha value is -8.22. The number of benzene rings is 8. The summed E-state index contributed by atoms with van der Waals surface area (Å²) in [5, 5.41) is 5.27. The lowest BCUT2D eigenvalue weighted by Gasteiger charge is -2.38. The zero-order valence-corrected chi connectivity index (χ0v) is 32.1. The molecule has 3 aromatic heterocycles. The summed E-state index contributed by atoms with van der Waals surface area (Å²) in [5.41, 5.74) is 13.7. The molecule has 0 spiro atoms. The van der Waals surface area contributed by atoms with Crippen molar-refractivity contribution in [3.63, 3.8) is 0 Å². The van der Waals surface area contributed by atoms with Crippen LogP contribution in [-0.2, 0) is 0 Å². The maximum atomic E-state index is 7.22. The van der Waals surface area contributed by atoms with Crippen LogP contribution >= 0.6 is 0 Å². The Morgan fingerprint density at radius 1 is 0.467 bits per heavy atom. The Labute approximate surface area is 343 Å². The fourth-order valence-corrected chi connectivity index (χ4v) is 9.51. The molecule has 0 bridgehead atoms. The number of furan rings is 2. The predicted molar refractivity (Wildman–Crippen MR) is 244 cm³/mol. The highest BCUT2D eigenvalue weighted by molar-refractivity contribution is 6.12. The van der Waals surface area contributed by atoms with E-state index in [1.165, 1.54) is 0 Å². The van der Waals surface area contributed by atoms with Gasteiger partial charge in [0.1, 0.15) is 28.0 Å². The lowest BCUT2D eigenvalue weighted by molar-refractivity contribution is 0.449. The van der Waals surface area contributed by atoms with Crippen molar-refractivity contribution in [2.24, 2.45) is 0 Å². The van der Waals surface area contributed by atoms with Crippen molar-refractivity contribution in [1.82, 2.24) is 4.57 Å². The molecular weight excluding hydrogens is 741 g/mol. The third-order valence-electron chi connectivity index (χ3n) is 12.1. The van der Waals surface area contributed by atoms with E-state index in [0.717, 1.165) is 111 Å². The first-order valence-corrected chi connectivity index (χ1v) is 20.0. The van der Waals surface area contributed by atoms with Crippen molar-refractivity contribution in [2.45, 2.75) is 0 Å². The van der Waals surface area contributed by atoms with E-state index in [1.807, 2.05) is 66.7 Å². The molecule has 8 aromatic carbocycles. The minimum Gasteiger partial charge on any atom is -0.455 e. The Morgan fingerprint density at radius 3 is 1.63 bits per heavy atom. The minimum absolute atomic E-state index is 0.676. The largest absolute Gasteiger partial charge is 0.455 e. The normalized spacial score (nSPS) is 12.7. The highest BCUT2D eigenvalue weighted by atomic mass is 16.5. The molecule has 0 fully saturated rings. The molecule has 0 saturated carbocycles. The number of para-hydroxylation sites is 5. The molecule has 2 aliphatic rings. The highest BCUT2D eigenvalue weighted by Gasteiger charge is 2.38. The van der Waals surface area contributed by atoms with E-state index in [-0.39, 0.29) is 0 Å². The number of aromatic nitrogens is 1. The molecule has 0 radical (unpaired) electrons. The minimum atomic E-state index is 0.676. The summed E-state index contributed by atoms with van der Waals surface area (Å²) in [4.78, 5) is 2.28. The number of nitrogens with zero attached hydrogens (tertiary/aromatic N) is 2. The summed E-state index contributed by atoms with van der Waals surface area (Å²) in [6, 6.07) is 54.2. The fraction of sp³-hybridized carbons (Fsp3) is 0. The van der Waals surface area contributed by atoms with Crippen LogP contribution in [0.2, 0.25) is 0 Å². The van der Waals surface area contributed by atoms with Crippen molar-refractivity contribution in [1.29, 1.82) is 0 Å². The second kappa shape index (κ2) is 12.1. The van der Waals surface area contributed by atoms with Crippen LogP contribution in [0.5, 0.6) is 23.0 Å². The maximum absolute atomic E-state index is 7.22. The maximum Gasteiger partial charge on any atom is 0.180 e. The number of fused-ring (bicyclic) bond motifs is 12. The summed E-state index contributed by atoms with van der Waals surface area (Å²) < 4.78 is 29.4. The van der Waals surface area contributed by atoms with Crippen molar-refractivity contribution in [3.8, 4) is 50.9 Å². The zero-order valence-electron chi connectivity index (χ0n) is 32.1. The van der Waals surface area contributed by atoms with Crippen LogP contribution in [0.25, 0.3) is 94.9 Å². The summed E-state index contributed by atoms with van der Waals surface area (Å²) in [6.07, 6.45) is 3.78. The SMILES string of the molecule is C=Cc1c(C=C)n(-c2ccccc2)c2c3c4c(cc12)Oc1cc(-c2cccc5c2oc2ccccc25)ccc1N4c1ccc(-c2cccc4c2oc2ccccc24)cc1O3. The van der Waals surface area contributed by atoms with Gasteiger partial charge in [-0.3, -0.25) is 4.90 Å². The number of hydrogen-bond acceptors (Lipinski definition) is 5. The van der Waals surface area contributed by atoms with Gasteiger partial charge < -0.3 is 22.9 Å². The van der Waals surface area contributed by atoms with Gasteiger partial charge in [0.05, 0.1) is 22.6 Å². The number of hydrogen-bond donors (Lipinski definition) is 0. The highest BCUT2D eigenvalue weighted by Crippen LogP contribution is 2.63. The summed E-state index contributed by atoms with van der Waals surface area (Å²) in [5.74, 6) is 2.77. The topological polar surface area (TPSA) is 52.9 Å². The second-order valence-electron chi connectivity index (χ2n) is 15.3. The number of rotatable bonds is 5. The quantitative estimate of drug-likeness (QED) is 0.174. The van der Waals surface area contributed by atoms with E-state index in [2.05, 4.69) is 126 Å². The number of anilines is 3. The van der Waals surface area contributed by atoms with Crippen LogP contribution in [-0.4, -0.2) is 4.57 Å². The molecule has 13 rings (SSSR count). The van der Waals surface area contributed by atoms with Crippen molar-refractivity contribution in [3.05, 3.63) is 182 Å². The smallest absolute Gasteiger partial charge is 0.180 e. The molecule has 5 heterocycles. The van der Waals surface area contributed by atoms with E-state index >= 15 is 0 Å². The molecule has 0 aliphatic carbocycles. The van der Waals surface area contributed by atoms with E-state index < -0.39 is 0 Å². The van der Waals surface area contributed by atoms with Gasteiger partial charge >= 0.3 is 0 Å². The molecule has 6 heteroatoms. The van der Waals surface area contributed by atoms with Crippen molar-refractivity contribution >= 4 is 84.0 Å². The van der Waals surface area contributed by atoms with Gasteiger partial charge in [0.15, 0.2) is 23.0 Å². The molecule has 60 heavy (non-hydrogen) atoms. The van der Waals surface area contributed by atoms with E-state index in [9.17, 15) is 0 Å². The first-order valence-electron chi connectivity index (χ1n) is 20.0. The van der Waals surface area contributed by atoms with Gasteiger partial charge in [0, 0.05) is 49.3 Å². The Morgan fingerprint density at radius 2 is 1.03 bits per heavy atom. The summed E-state index contributed by atoms with van der Waals surface area (Å²) in [6.45, 7) is 8.53. The third kappa shape index (κ3) is 4.42. The molecule has 282 valence electrons. The van der Waals surface area contributed by atoms with Crippen LogP contribution in [0.15, 0.2) is 180 Å². The monoisotopic (exact) mass is 772 g/mol. The van der Waals surface area contributed by atoms with Gasteiger partial charge in [-0.25, -0.2) is 0 Å². The number of ether oxygens (including phenoxy) is 2. The molecule has 0 atom stereocenters. The van der Waals surface area contributed by atoms with Crippen LogP contribution in [0, 0.1) is 0 Å². The van der Waals surface area contributed by atoms with Crippen molar-refractivity contribution < 1.29 is 18.3 Å². The standard InChI is InChI=1S/C54H32N2O4/c1-3-34-41-30-49-51-54(50(41)55(42(34)4-2)33-14-6-5-7-15-33)60-48-29-32(36-19-13-21-40-38-17-9-11-23-46(38)59-53(36)40)25-27-44(48)56(51)43-26-24-31(28-47(43)57-49)35-18-12-20-39-37-16-8-10-22-45(37)58-52(35)39/h3-30H,1-2H2. The molecular formula is C54H32N2O4. The molecule has 0 saturated heterocycles. The first kappa shape index (κ1) is 32.8. The summed E-state index contributed by atoms with van der Waals surface area (Å²) in [7, 11) is 0.